The molecule has 1 unspecified atom stereocenters. The van der Waals surface area contributed by atoms with Crippen LogP contribution >= 0.6 is 11.6 Å². The van der Waals surface area contributed by atoms with Crippen molar-refractivity contribution in [1.29, 1.82) is 0 Å². The van der Waals surface area contributed by atoms with Gasteiger partial charge in [-0.25, -0.2) is 10.3 Å². The van der Waals surface area contributed by atoms with Crippen molar-refractivity contribution in [3.63, 3.8) is 0 Å². The van der Waals surface area contributed by atoms with E-state index >= 15 is 0 Å². The van der Waals surface area contributed by atoms with Crippen molar-refractivity contribution in [2.45, 2.75) is 20.0 Å². The SMILES string of the molecule is CCOC(=O)C(C)ONC(=O)c1ccc(Cl)cc1. The lowest BCUT2D eigenvalue weighted by Gasteiger charge is -2.11. The molecule has 1 rings (SSSR count). The van der Waals surface area contributed by atoms with Crippen molar-refractivity contribution >= 4 is 23.5 Å². The molecule has 1 amide bonds. The molecule has 0 aromatic heterocycles. The topological polar surface area (TPSA) is 64.6 Å². The molecule has 1 aromatic carbocycles. The van der Waals surface area contributed by atoms with Crippen molar-refractivity contribution in [2.24, 2.45) is 0 Å². The van der Waals surface area contributed by atoms with Gasteiger partial charge in [-0.05, 0) is 38.1 Å². The van der Waals surface area contributed by atoms with E-state index in [4.69, 9.17) is 21.2 Å². The zero-order valence-electron chi connectivity index (χ0n) is 10.1. The second-order valence-corrected chi connectivity index (χ2v) is 3.89. The molecule has 0 bridgehead atoms. The molecule has 18 heavy (non-hydrogen) atoms. The highest BCUT2D eigenvalue weighted by Crippen LogP contribution is 2.09. The number of carbonyl (C=O) groups excluding carboxylic acids is 2. The molecule has 0 radical (unpaired) electrons. The van der Waals surface area contributed by atoms with E-state index in [9.17, 15) is 9.59 Å². The normalized spacial score (nSPS) is 11.7. The summed E-state index contributed by atoms with van der Waals surface area (Å²) in [6, 6.07) is 6.28. The van der Waals surface area contributed by atoms with Crippen LogP contribution in [0, 0.1) is 0 Å². The van der Waals surface area contributed by atoms with E-state index < -0.39 is 18.0 Å². The summed E-state index contributed by atoms with van der Waals surface area (Å²) in [5.41, 5.74) is 2.56. The molecule has 0 saturated heterocycles. The molecule has 0 aliphatic heterocycles. The van der Waals surface area contributed by atoms with Gasteiger partial charge in [0.15, 0.2) is 6.10 Å². The molecule has 0 heterocycles. The van der Waals surface area contributed by atoms with Gasteiger partial charge in [-0.3, -0.25) is 9.63 Å². The predicted molar refractivity (Wildman–Crippen MR) is 66.1 cm³/mol. The van der Waals surface area contributed by atoms with E-state index in [1.54, 1.807) is 31.2 Å². The van der Waals surface area contributed by atoms with Gasteiger partial charge in [0.25, 0.3) is 5.91 Å². The van der Waals surface area contributed by atoms with Gasteiger partial charge in [-0.15, -0.1) is 0 Å². The van der Waals surface area contributed by atoms with Crippen molar-refractivity contribution < 1.29 is 19.2 Å². The molecule has 1 aromatic rings. The first-order chi connectivity index (χ1) is 8.54. The summed E-state index contributed by atoms with van der Waals surface area (Å²) in [4.78, 5) is 27.7. The minimum absolute atomic E-state index is 0.262. The van der Waals surface area contributed by atoms with Crippen molar-refractivity contribution in [1.82, 2.24) is 5.48 Å². The molecule has 0 aliphatic rings. The Morgan fingerprint density at radius 1 is 1.33 bits per heavy atom. The highest BCUT2D eigenvalue weighted by atomic mass is 35.5. The minimum atomic E-state index is -0.860. The summed E-state index contributed by atoms with van der Waals surface area (Å²) in [7, 11) is 0. The van der Waals surface area contributed by atoms with Gasteiger partial charge in [0.2, 0.25) is 0 Å². The van der Waals surface area contributed by atoms with Crippen molar-refractivity contribution in [3.05, 3.63) is 34.9 Å². The summed E-state index contributed by atoms with van der Waals surface area (Å²) in [5, 5.41) is 0.535. The molecule has 1 N–H and O–H groups in total. The number of halogens is 1. The van der Waals surface area contributed by atoms with Crippen LogP contribution in [0.4, 0.5) is 0 Å². The number of ether oxygens (including phenoxy) is 1. The van der Waals surface area contributed by atoms with Gasteiger partial charge in [-0.2, -0.15) is 0 Å². The number of nitrogens with one attached hydrogen (secondary N) is 1. The Kier molecular flexibility index (Phi) is 5.61. The van der Waals surface area contributed by atoms with Crippen LogP contribution in [0.5, 0.6) is 0 Å². The van der Waals surface area contributed by atoms with E-state index in [1.807, 2.05) is 0 Å². The Balaban J connectivity index is 2.46. The number of hydrogen-bond donors (Lipinski definition) is 1. The fraction of sp³-hybridized carbons (Fsp3) is 0.333. The molecule has 0 spiro atoms. The summed E-state index contributed by atoms with van der Waals surface area (Å²) >= 11 is 5.70. The summed E-state index contributed by atoms with van der Waals surface area (Å²) in [5.74, 6) is -0.989. The van der Waals surface area contributed by atoms with E-state index in [0.29, 0.717) is 10.6 Å². The maximum Gasteiger partial charge on any atom is 0.337 e. The minimum Gasteiger partial charge on any atom is -0.464 e. The largest absolute Gasteiger partial charge is 0.464 e. The highest BCUT2D eigenvalue weighted by molar-refractivity contribution is 6.30. The number of benzene rings is 1. The monoisotopic (exact) mass is 271 g/mol. The molecule has 0 fully saturated rings. The quantitative estimate of drug-likeness (QED) is 0.657. The van der Waals surface area contributed by atoms with Crippen LogP contribution in [-0.2, 0) is 14.4 Å². The third kappa shape index (κ3) is 4.35. The van der Waals surface area contributed by atoms with Crippen LogP contribution in [0.3, 0.4) is 0 Å². The number of rotatable bonds is 5. The molecule has 98 valence electrons. The van der Waals surface area contributed by atoms with Crippen LogP contribution in [-0.4, -0.2) is 24.6 Å². The number of esters is 1. The Morgan fingerprint density at radius 3 is 2.50 bits per heavy atom. The van der Waals surface area contributed by atoms with Crippen molar-refractivity contribution in [3.8, 4) is 0 Å². The fourth-order valence-electron chi connectivity index (χ4n) is 1.11. The summed E-state index contributed by atoms with van der Waals surface area (Å²) < 4.78 is 4.72. The Bertz CT molecular complexity index is 419. The summed E-state index contributed by atoms with van der Waals surface area (Å²) in [6.07, 6.45) is -0.860. The molecular weight excluding hydrogens is 258 g/mol. The average molecular weight is 272 g/mol. The Labute approximate surface area is 110 Å². The van der Waals surface area contributed by atoms with Crippen LogP contribution in [0.15, 0.2) is 24.3 Å². The molecular formula is C12H14ClNO4. The van der Waals surface area contributed by atoms with E-state index in [-0.39, 0.29) is 6.61 Å². The smallest absolute Gasteiger partial charge is 0.337 e. The number of hydrogen-bond acceptors (Lipinski definition) is 4. The van der Waals surface area contributed by atoms with E-state index in [1.165, 1.54) is 6.92 Å². The second-order valence-electron chi connectivity index (χ2n) is 3.45. The van der Waals surface area contributed by atoms with Crippen LogP contribution in [0.2, 0.25) is 5.02 Å². The lowest BCUT2D eigenvalue weighted by molar-refractivity contribution is -0.158. The first-order valence-corrected chi connectivity index (χ1v) is 5.80. The third-order valence-corrected chi connectivity index (χ3v) is 2.31. The molecule has 1 atom stereocenters. The molecule has 6 heteroatoms. The molecule has 0 saturated carbocycles. The lowest BCUT2D eigenvalue weighted by Crippen LogP contribution is -2.33. The Morgan fingerprint density at radius 2 is 1.94 bits per heavy atom. The van der Waals surface area contributed by atoms with Gasteiger partial charge in [0.05, 0.1) is 6.61 Å². The first kappa shape index (κ1) is 14.5. The van der Waals surface area contributed by atoms with Crippen LogP contribution in [0.1, 0.15) is 24.2 Å². The fourth-order valence-corrected chi connectivity index (χ4v) is 1.24. The second kappa shape index (κ2) is 6.98. The van der Waals surface area contributed by atoms with Gasteiger partial charge >= 0.3 is 5.97 Å². The zero-order valence-corrected chi connectivity index (χ0v) is 10.9. The highest BCUT2D eigenvalue weighted by Gasteiger charge is 2.16. The van der Waals surface area contributed by atoms with Crippen LogP contribution in [0.25, 0.3) is 0 Å². The average Bonchev–Trinajstić information content (AvgIpc) is 2.36. The maximum atomic E-state index is 11.6. The third-order valence-electron chi connectivity index (χ3n) is 2.05. The lowest BCUT2D eigenvalue weighted by atomic mass is 10.2. The van der Waals surface area contributed by atoms with E-state index in [2.05, 4.69) is 5.48 Å². The molecule has 0 aliphatic carbocycles. The zero-order chi connectivity index (χ0) is 13.5. The maximum absolute atomic E-state index is 11.6. The summed E-state index contributed by atoms with van der Waals surface area (Å²) in [6.45, 7) is 3.44. The van der Waals surface area contributed by atoms with Gasteiger partial charge in [0.1, 0.15) is 0 Å². The number of amides is 1. The molecule has 5 nitrogen and oxygen atoms in total. The number of hydroxylamine groups is 1. The first-order valence-electron chi connectivity index (χ1n) is 5.42. The van der Waals surface area contributed by atoms with Crippen molar-refractivity contribution in [2.75, 3.05) is 6.61 Å². The van der Waals surface area contributed by atoms with Crippen LogP contribution < -0.4 is 5.48 Å². The van der Waals surface area contributed by atoms with Gasteiger partial charge in [0, 0.05) is 10.6 Å². The predicted octanol–water partition coefficient (Wildman–Crippen LogP) is 1.95. The standard InChI is InChI=1S/C12H14ClNO4/c1-3-17-12(16)8(2)18-14-11(15)9-4-6-10(13)7-5-9/h4-8H,3H2,1-2H3,(H,14,15). The van der Waals surface area contributed by atoms with E-state index in [0.717, 1.165) is 0 Å². The van der Waals surface area contributed by atoms with Gasteiger partial charge < -0.3 is 4.74 Å². The number of carbonyl (C=O) groups is 2. The van der Waals surface area contributed by atoms with Gasteiger partial charge in [-0.1, -0.05) is 11.6 Å². The Hall–Kier alpha value is -1.59.